The number of hydrogen-bond donors (Lipinski definition) is 2. The maximum atomic E-state index is 11.8. The molecule has 0 atom stereocenters. The van der Waals surface area contributed by atoms with Crippen molar-refractivity contribution in [1.82, 2.24) is 10.3 Å². The van der Waals surface area contributed by atoms with E-state index < -0.39 is 0 Å². The van der Waals surface area contributed by atoms with Gasteiger partial charge in [0.25, 0.3) is 0 Å². The predicted octanol–water partition coefficient (Wildman–Crippen LogP) is 1.83. The summed E-state index contributed by atoms with van der Waals surface area (Å²) in [4.78, 5) is 15.1. The molecule has 0 amide bonds. The number of aromatic nitrogens is 1. The van der Waals surface area contributed by atoms with Crippen LogP contribution in [0.1, 0.15) is 11.3 Å². The van der Waals surface area contributed by atoms with E-state index in [-0.39, 0.29) is 5.97 Å². The Hall–Kier alpha value is -2.23. The number of carbonyl (C=O) groups is 1. The molecule has 2 N–H and O–H groups in total. The monoisotopic (exact) mass is 242 g/mol. The SMILES string of the molecule is COC(=O)C1=CNCCc2c1[nH]c1ccccc21. The maximum absolute atomic E-state index is 11.8. The van der Waals surface area contributed by atoms with Crippen molar-refractivity contribution in [3.05, 3.63) is 41.7 Å². The number of ether oxygens (including phenoxy) is 1. The Labute approximate surface area is 105 Å². The number of methoxy groups -OCH3 is 1. The molecule has 1 aliphatic heterocycles. The zero-order valence-corrected chi connectivity index (χ0v) is 10.1. The lowest BCUT2D eigenvalue weighted by atomic mass is 10.0. The summed E-state index contributed by atoms with van der Waals surface area (Å²) in [5.41, 5.74) is 3.65. The molecule has 3 rings (SSSR count). The van der Waals surface area contributed by atoms with E-state index in [1.54, 1.807) is 6.20 Å². The predicted molar refractivity (Wildman–Crippen MR) is 70.0 cm³/mol. The fourth-order valence-corrected chi connectivity index (χ4v) is 2.40. The van der Waals surface area contributed by atoms with Crippen molar-refractivity contribution >= 4 is 22.4 Å². The van der Waals surface area contributed by atoms with Crippen LogP contribution in [0.5, 0.6) is 0 Å². The van der Waals surface area contributed by atoms with Gasteiger partial charge >= 0.3 is 5.97 Å². The molecule has 0 radical (unpaired) electrons. The van der Waals surface area contributed by atoms with Crippen LogP contribution in [0.25, 0.3) is 16.5 Å². The Bertz CT molecular complexity index is 640. The lowest BCUT2D eigenvalue weighted by Crippen LogP contribution is -2.09. The first-order valence-electron chi connectivity index (χ1n) is 5.93. The molecule has 0 bridgehead atoms. The molecule has 1 aliphatic rings. The van der Waals surface area contributed by atoms with Gasteiger partial charge in [-0.25, -0.2) is 4.79 Å². The molecule has 0 saturated heterocycles. The Morgan fingerprint density at radius 3 is 3.00 bits per heavy atom. The van der Waals surface area contributed by atoms with Crippen LogP contribution in [0.15, 0.2) is 30.5 Å². The minimum Gasteiger partial charge on any atom is -0.465 e. The van der Waals surface area contributed by atoms with Crippen LogP contribution in [0.3, 0.4) is 0 Å². The van der Waals surface area contributed by atoms with Crippen molar-refractivity contribution < 1.29 is 9.53 Å². The Morgan fingerprint density at radius 1 is 1.33 bits per heavy atom. The molecule has 4 heteroatoms. The van der Waals surface area contributed by atoms with Crippen LogP contribution in [-0.4, -0.2) is 24.6 Å². The van der Waals surface area contributed by atoms with Gasteiger partial charge in [-0.15, -0.1) is 0 Å². The number of aromatic amines is 1. The third-order valence-electron chi connectivity index (χ3n) is 3.25. The highest BCUT2D eigenvalue weighted by Crippen LogP contribution is 2.29. The van der Waals surface area contributed by atoms with Crippen LogP contribution in [0.2, 0.25) is 0 Å². The topological polar surface area (TPSA) is 54.1 Å². The van der Waals surface area contributed by atoms with Crippen molar-refractivity contribution in [3.63, 3.8) is 0 Å². The highest BCUT2D eigenvalue weighted by Gasteiger charge is 2.22. The fourth-order valence-electron chi connectivity index (χ4n) is 2.40. The average molecular weight is 242 g/mol. The summed E-state index contributed by atoms with van der Waals surface area (Å²) in [5.74, 6) is -0.322. The lowest BCUT2D eigenvalue weighted by Gasteiger charge is -2.03. The second-order valence-corrected chi connectivity index (χ2v) is 4.28. The Kier molecular flexibility index (Phi) is 2.55. The van der Waals surface area contributed by atoms with Crippen molar-refractivity contribution in [1.29, 1.82) is 0 Å². The molecule has 18 heavy (non-hydrogen) atoms. The van der Waals surface area contributed by atoms with E-state index in [1.165, 1.54) is 18.1 Å². The third kappa shape index (κ3) is 1.57. The Balaban J connectivity index is 2.24. The van der Waals surface area contributed by atoms with E-state index in [0.29, 0.717) is 5.57 Å². The van der Waals surface area contributed by atoms with Crippen LogP contribution in [-0.2, 0) is 16.0 Å². The van der Waals surface area contributed by atoms with Crippen LogP contribution in [0, 0.1) is 0 Å². The van der Waals surface area contributed by atoms with Gasteiger partial charge in [0, 0.05) is 23.6 Å². The molecule has 0 saturated carbocycles. The summed E-state index contributed by atoms with van der Waals surface area (Å²) in [6, 6.07) is 8.09. The van der Waals surface area contributed by atoms with Crippen molar-refractivity contribution in [2.45, 2.75) is 6.42 Å². The summed E-state index contributed by atoms with van der Waals surface area (Å²) >= 11 is 0. The first kappa shape index (κ1) is 10.9. The van der Waals surface area contributed by atoms with E-state index in [1.807, 2.05) is 18.2 Å². The summed E-state index contributed by atoms with van der Waals surface area (Å²) < 4.78 is 4.83. The molecule has 0 aliphatic carbocycles. The smallest absolute Gasteiger partial charge is 0.341 e. The minimum atomic E-state index is -0.322. The summed E-state index contributed by atoms with van der Waals surface area (Å²) in [6.45, 7) is 0.815. The first-order valence-corrected chi connectivity index (χ1v) is 5.93. The number of carbonyl (C=O) groups excluding carboxylic acids is 1. The lowest BCUT2D eigenvalue weighted by molar-refractivity contribution is -0.133. The van der Waals surface area contributed by atoms with Gasteiger partial charge < -0.3 is 15.0 Å². The van der Waals surface area contributed by atoms with Gasteiger partial charge in [0.15, 0.2) is 0 Å². The molecular weight excluding hydrogens is 228 g/mol. The van der Waals surface area contributed by atoms with E-state index >= 15 is 0 Å². The number of para-hydroxylation sites is 1. The molecule has 0 fully saturated rings. The third-order valence-corrected chi connectivity index (χ3v) is 3.25. The van der Waals surface area contributed by atoms with Gasteiger partial charge in [-0.3, -0.25) is 0 Å². The van der Waals surface area contributed by atoms with E-state index in [4.69, 9.17) is 4.74 Å². The van der Waals surface area contributed by atoms with E-state index in [0.717, 1.165) is 24.2 Å². The standard InChI is InChI=1S/C14H14N2O2/c1-18-14(17)11-8-15-7-6-10-9-4-2-3-5-12(9)16-13(10)11/h2-5,8,15-16H,6-7H2,1H3. The molecule has 92 valence electrons. The Morgan fingerprint density at radius 2 is 2.17 bits per heavy atom. The van der Waals surface area contributed by atoms with Crippen LogP contribution in [0.4, 0.5) is 0 Å². The van der Waals surface area contributed by atoms with Gasteiger partial charge in [0.05, 0.1) is 18.4 Å². The molecule has 4 nitrogen and oxygen atoms in total. The van der Waals surface area contributed by atoms with Crippen molar-refractivity contribution in [2.75, 3.05) is 13.7 Å². The number of esters is 1. The van der Waals surface area contributed by atoms with Crippen LogP contribution >= 0.6 is 0 Å². The molecule has 2 aromatic rings. The molecule has 0 unspecified atom stereocenters. The molecular formula is C14H14N2O2. The average Bonchev–Trinajstić information content (AvgIpc) is 2.64. The zero-order valence-electron chi connectivity index (χ0n) is 10.1. The van der Waals surface area contributed by atoms with Gasteiger partial charge in [-0.05, 0) is 18.1 Å². The summed E-state index contributed by atoms with van der Waals surface area (Å²) in [6.07, 6.45) is 2.61. The zero-order chi connectivity index (χ0) is 12.5. The van der Waals surface area contributed by atoms with Gasteiger partial charge in [0.2, 0.25) is 0 Å². The van der Waals surface area contributed by atoms with E-state index in [2.05, 4.69) is 16.4 Å². The number of rotatable bonds is 1. The second-order valence-electron chi connectivity index (χ2n) is 4.28. The fraction of sp³-hybridized carbons (Fsp3) is 0.214. The number of hydrogen-bond acceptors (Lipinski definition) is 3. The highest BCUT2D eigenvalue weighted by atomic mass is 16.5. The second kappa shape index (κ2) is 4.22. The molecule has 1 aromatic heterocycles. The number of H-pyrrole nitrogens is 1. The molecule has 0 spiro atoms. The summed E-state index contributed by atoms with van der Waals surface area (Å²) in [7, 11) is 1.40. The molecule has 1 aromatic carbocycles. The highest BCUT2D eigenvalue weighted by molar-refractivity contribution is 6.17. The van der Waals surface area contributed by atoms with E-state index in [9.17, 15) is 4.79 Å². The quantitative estimate of drug-likeness (QED) is 0.750. The number of benzene rings is 1. The van der Waals surface area contributed by atoms with Gasteiger partial charge in [-0.2, -0.15) is 0 Å². The normalized spacial score (nSPS) is 14.4. The van der Waals surface area contributed by atoms with Crippen molar-refractivity contribution in [3.8, 4) is 0 Å². The number of nitrogens with one attached hydrogen (secondary N) is 2. The summed E-state index contributed by atoms with van der Waals surface area (Å²) in [5, 5.41) is 4.30. The largest absolute Gasteiger partial charge is 0.465 e. The molecule has 2 heterocycles. The van der Waals surface area contributed by atoms with Crippen molar-refractivity contribution in [2.24, 2.45) is 0 Å². The van der Waals surface area contributed by atoms with Gasteiger partial charge in [-0.1, -0.05) is 18.2 Å². The number of fused-ring (bicyclic) bond motifs is 3. The first-order chi connectivity index (χ1) is 8.81. The minimum absolute atomic E-state index is 0.322. The van der Waals surface area contributed by atoms with Gasteiger partial charge in [0.1, 0.15) is 0 Å². The van der Waals surface area contributed by atoms with Crippen LogP contribution < -0.4 is 5.32 Å². The maximum Gasteiger partial charge on any atom is 0.341 e.